The van der Waals surface area contributed by atoms with Crippen LogP contribution in [0.4, 0.5) is 5.69 Å². The molecule has 142 valence electrons. The van der Waals surface area contributed by atoms with Gasteiger partial charge in [0.2, 0.25) is 5.36 Å². The van der Waals surface area contributed by atoms with Gasteiger partial charge in [-0.2, -0.15) is 0 Å². The first kappa shape index (κ1) is 17.9. The van der Waals surface area contributed by atoms with Crippen LogP contribution in [0.5, 0.6) is 0 Å². The first-order valence-electron chi connectivity index (χ1n) is 9.22. The summed E-state index contributed by atoms with van der Waals surface area (Å²) in [6, 6.07) is 13.3. The van der Waals surface area contributed by atoms with Crippen LogP contribution in [0, 0.1) is 0 Å². The van der Waals surface area contributed by atoms with Crippen LogP contribution >= 0.6 is 0 Å². The van der Waals surface area contributed by atoms with Crippen molar-refractivity contribution in [2.24, 2.45) is 5.84 Å². The highest BCUT2D eigenvalue weighted by Gasteiger charge is 2.25. The molecule has 2 aromatic carbocycles. The summed E-state index contributed by atoms with van der Waals surface area (Å²) in [6.45, 7) is 5.54. The number of carbonyl (C=O) groups is 1. The second-order valence-corrected chi connectivity index (χ2v) is 6.53. The molecule has 0 radical (unpaired) electrons. The van der Waals surface area contributed by atoms with Gasteiger partial charge in [0.05, 0.1) is 0 Å². The molecule has 7 nitrogen and oxygen atoms in total. The first-order valence-corrected chi connectivity index (χ1v) is 9.22. The van der Waals surface area contributed by atoms with Gasteiger partial charge in [-0.3, -0.25) is 10.2 Å². The van der Waals surface area contributed by atoms with Crippen molar-refractivity contribution >= 4 is 33.5 Å². The predicted molar refractivity (Wildman–Crippen MR) is 111 cm³/mol. The molecule has 28 heavy (non-hydrogen) atoms. The van der Waals surface area contributed by atoms with Crippen LogP contribution in [0.1, 0.15) is 24.2 Å². The van der Waals surface area contributed by atoms with Crippen LogP contribution in [-0.4, -0.2) is 24.0 Å². The Balaban J connectivity index is 2.19. The Kier molecular flexibility index (Phi) is 4.44. The second kappa shape index (κ2) is 6.94. The van der Waals surface area contributed by atoms with Crippen molar-refractivity contribution in [1.82, 2.24) is 15.0 Å². The normalized spacial score (nSPS) is 11.2. The lowest BCUT2D eigenvalue weighted by molar-refractivity contribution is 0.0950. The Morgan fingerprint density at radius 1 is 1.14 bits per heavy atom. The van der Waals surface area contributed by atoms with Crippen molar-refractivity contribution < 1.29 is 9.21 Å². The molecule has 5 N–H and O–H groups in total. The number of nitrogens with two attached hydrogens (primary N) is 2. The topological polar surface area (TPSA) is 110 Å². The van der Waals surface area contributed by atoms with Gasteiger partial charge >= 0.3 is 0 Å². The summed E-state index contributed by atoms with van der Waals surface area (Å²) in [5, 5.41) is 2.57. The van der Waals surface area contributed by atoms with E-state index in [-0.39, 0.29) is 0 Å². The van der Waals surface area contributed by atoms with E-state index in [0.29, 0.717) is 33.8 Å². The van der Waals surface area contributed by atoms with Crippen molar-refractivity contribution in [2.75, 3.05) is 18.8 Å². The molecule has 0 unspecified atom stereocenters. The number of benzene rings is 3. The largest absolute Gasteiger partial charge is 0.452 e. The summed E-state index contributed by atoms with van der Waals surface area (Å²) in [5.74, 6) is 5.42. The van der Waals surface area contributed by atoms with Crippen molar-refractivity contribution in [3.05, 3.63) is 53.4 Å². The minimum atomic E-state index is -0.425. The van der Waals surface area contributed by atoms with Gasteiger partial charge in [0.15, 0.2) is 16.9 Å². The zero-order chi connectivity index (χ0) is 19.8. The average Bonchev–Trinajstić information content (AvgIpc) is 2.73. The average molecular weight is 376 g/mol. The van der Waals surface area contributed by atoms with Gasteiger partial charge in [-0.25, -0.2) is 15.4 Å². The zero-order valence-corrected chi connectivity index (χ0v) is 15.8. The lowest BCUT2D eigenvalue weighted by Crippen LogP contribution is -2.40. The summed E-state index contributed by atoms with van der Waals surface area (Å²) in [6.07, 6.45) is 0. The van der Waals surface area contributed by atoms with Crippen molar-refractivity contribution in [3.8, 4) is 11.5 Å². The Morgan fingerprint density at radius 3 is 2.54 bits per heavy atom. The molecule has 0 fully saturated rings. The van der Waals surface area contributed by atoms with E-state index in [2.05, 4.69) is 10.0 Å². The van der Waals surface area contributed by atoms with E-state index in [1.54, 1.807) is 6.07 Å². The third kappa shape index (κ3) is 2.68. The van der Waals surface area contributed by atoms with Crippen LogP contribution in [0.2, 0.25) is 0 Å². The van der Waals surface area contributed by atoms with E-state index < -0.39 is 5.91 Å². The van der Waals surface area contributed by atoms with Crippen molar-refractivity contribution in [3.63, 3.8) is 0 Å². The molecule has 0 aromatic heterocycles. The molecule has 0 atom stereocenters. The van der Waals surface area contributed by atoms with Gasteiger partial charge in [0.25, 0.3) is 5.91 Å². The van der Waals surface area contributed by atoms with E-state index in [1.807, 2.05) is 50.2 Å². The third-order valence-corrected chi connectivity index (χ3v) is 5.03. The molecule has 2 aromatic rings. The standard InChI is InChI=1S/C21H21N5O2/c1-3-26(4-2)16-10-9-15-20(18(16)21(27)25-23)28-17-11-14(22)12-7-5-6-8-13(12)19(17)24-15/h5-11H,3-4H2,1-2H3,(H4,22,23,24,25,27)/p+1. The molecular formula is C21H22N5O2+. The number of nitrogens with one attached hydrogen (secondary N) is 1. The molecule has 1 heterocycles. The van der Waals surface area contributed by atoms with Gasteiger partial charge in [-0.15, -0.1) is 0 Å². The SMILES string of the molecule is CC[N+](CC)=c1ccc2nc3c(cc(N)c4ccccc43)oc-2c1C(=O)NN. The highest BCUT2D eigenvalue weighted by molar-refractivity contribution is 6.10. The minimum absolute atomic E-state index is 0.366. The number of hydrazine groups is 1. The van der Waals surface area contributed by atoms with Gasteiger partial charge in [-0.1, -0.05) is 24.3 Å². The molecule has 1 aliphatic heterocycles. The minimum Gasteiger partial charge on any atom is -0.452 e. The number of nitrogens with zero attached hydrogens (tertiary/aromatic N) is 2. The fourth-order valence-electron chi connectivity index (χ4n) is 3.66. The predicted octanol–water partition coefficient (Wildman–Crippen LogP) is 2.08. The molecule has 1 aliphatic carbocycles. The summed E-state index contributed by atoms with van der Waals surface area (Å²) in [4.78, 5) is 17.4. The molecule has 0 bridgehead atoms. The van der Waals surface area contributed by atoms with E-state index >= 15 is 0 Å². The number of fused-ring (bicyclic) bond motifs is 4. The summed E-state index contributed by atoms with van der Waals surface area (Å²) in [5.41, 5.74) is 11.2. The number of hydrogen-bond donors (Lipinski definition) is 3. The van der Waals surface area contributed by atoms with E-state index in [9.17, 15) is 4.79 Å². The number of hydrogen-bond acceptors (Lipinski definition) is 5. The van der Waals surface area contributed by atoms with Gasteiger partial charge in [-0.05, 0) is 19.9 Å². The monoisotopic (exact) mass is 376 g/mol. The Hall–Kier alpha value is -3.45. The van der Waals surface area contributed by atoms with E-state index in [4.69, 9.17) is 21.0 Å². The maximum Gasteiger partial charge on any atom is 0.275 e. The zero-order valence-electron chi connectivity index (χ0n) is 15.8. The number of nitrogen functional groups attached to an aromatic ring is 2. The highest BCUT2D eigenvalue weighted by Crippen LogP contribution is 2.33. The van der Waals surface area contributed by atoms with Crippen LogP contribution in [0.3, 0.4) is 0 Å². The smallest absolute Gasteiger partial charge is 0.275 e. The third-order valence-electron chi connectivity index (χ3n) is 5.03. The quantitative estimate of drug-likeness (QED) is 0.0964. The molecule has 7 heteroatoms. The van der Waals surface area contributed by atoms with Crippen molar-refractivity contribution in [2.45, 2.75) is 13.8 Å². The molecular weight excluding hydrogens is 354 g/mol. The molecule has 0 spiro atoms. The van der Waals surface area contributed by atoms with E-state index in [1.165, 1.54) is 0 Å². The van der Waals surface area contributed by atoms with Crippen LogP contribution in [-0.2, 0) is 0 Å². The number of rotatable bonds is 3. The fourth-order valence-corrected chi connectivity index (χ4v) is 3.66. The molecule has 4 rings (SSSR count). The Labute approximate surface area is 161 Å². The Morgan fingerprint density at radius 2 is 1.86 bits per heavy atom. The fraction of sp³-hybridized carbons (Fsp3) is 0.190. The molecule has 2 aliphatic rings. The van der Waals surface area contributed by atoms with E-state index in [0.717, 1.165) is 29.2 Å². The van der Waals surface area contributed by atoms with Crippen molar-refractivity contribution in [1.29, 1.82) is 0 Å². The first-order chi connectivity index (χ1) is 13.6. The maximum atomic E-state index is 12.6. The maximum absolute atomic E-state index is 12.6. The summed E-state index contributed by atoms with van der Waals surface area (Å²) < 4.78 is 8.25. The molecule has 0 saturated carbocycles. The lowest BCUT2D eigenvalue weighted by atomic mass is 10.0. The number of amides is 1. The highest BCUT2D eigenvalue weighted by atomic mass is 16.3. The number of aromatic nitrogens is 1. The number of anilines is 1. The second-order valence-electron chi connectivity index (χ2n) is 6.53. The summed E-state index contributed by atoms with van der Waals surface area (Å²) >= 11 is 0. The summed E-state index contributed by atoms with van der Waals surface area (Å²) in [7, 11) is 0. The lowest BCUT2D eigenvalue weighted by Gasteiger charge is -2.13. The number of carbonyl (C=O) groups excluding carboxylic acids is 1. The van der Waals surface area contributed by atoms with Gasteiger partial charge < -0.3 is 10.2 Å². The van der Waals surface area contributed by atoms with Crippen LogP contribution < -0.4 is 26.9 Å². The van der Waals surface area contributed by atoms with Gasteiger partial charge in [0, 0.05) is 28.6 Å². The molecule has 0 saturated heterocycles. The Bertz CT molecular complexity index is 1250. The van der Waals surface area contributed by atoms with Crippen LogP contribution in [0.15, 0.2) is 46.9 Å². The van der Waals surface area contributed by atoms with Crippen LogP contribution in [0.25, 0.3) is 33.3 Å². The van der Waals surface area contributed by atoms with Gasteiger partial charge in [0.1, 0.15) is 24.3 Å². The molecule has 1 amide bonds.